The van der Waals surface area contributed by atoms with Crippen LogP contribution in [0.1, 0.15) is 30.9 Å². The number of likely N-dealkylation sites (N-methyl/N-ethyl adjacent to an activating group) is 1. The van der Waals surface area contributed by atoms with Crippen LogP contribution in [0.3, 0.4) is 0 Å². The van der Waals surface area contributed by atoms with Gasteiger partial charge < -0.3 is 15.2 Å². The minimum Gasteiger partial charge on any atom is -0.497 e. The summed E-state index contributed by atoms with van der Waals surface area (Å²) in [4.78, 5) is 2.30. The smallest absolute Gasteiger partial charge is 0.118 e. The molecule has 1 aromatic rings. The minimum atomic E-state index is 0.228. The van der Waals surface area contributed by atoms with Gasteiger partial charge in [0.1, 0.15) is 5.75 Å². The van der Waals surface area contributed by atoms with E-state index in [1.165, 1.54) is 18.4 Å². The van der Waals surface area contributed by atoms with Gasteiger partial charge in [-0.25, -0.2) is 0 Å². The molecule has 1 heterocycles. The van der Waals surface area contributed by atoms with Crippen molar-refractivity contribution in [2.24, 2.45) is 5.73 Å². The summed E-state index contributed by atoms with van der Waals surface area (Å²) in [6.45, 7) is 2.44. The molecule has 1 aromatic carbocycles. The Bertz CT molecular complexity index is 388. The maximum atomic E-state index is 5.97. The van der Waals surface area contributed by atoms with Crippen molar-refractivity contribution in [3.05, 3.63) is 29.8 Å². The Hall–Kier alpha value is -1.10. The van der Waals surface area contributed by atoms with Crippen molar-refractivity contribution in [1.82, 2.24) is 4.90 Å². The summed E-state index contributed by atoms with van der Waals surface area (Å²) >= 11 is 0. The number of hydrogen-bond acceptors (Lipinski definition) is 4. The Balaban J connectivity index is 1.98. The van der Waals surface area contributed by atoms with Gasteiger partial charge in [-0.15, -0.1) is 0 Å². The minimum absolute atomic E-state index is 0.228. The maximum Gasteiger partial charge on any atom is 0.118 e. The van der Waals surface area contributed by atoms with Crippen LogP contribution in [0, 0.1) is 0 Å². The lowest BCUT2D eigenvalue weighted by atomic mass is 10.0. The molecule has 2 atom stereocenters. The van der Waals surface area contributed by atoms with Gasteiger partial charge in [-0.3, -0.25) is 4.90 Å². The standard InChI is InChI=1S/C16H26N2O2/c1-18(12-15-5-3-4-10-20-15)16(11-17)13-6-8-14(19-2)9-7-13/h6-9,15-16H,3-5,10-12,17H2,1-2H3. The van der Waals surface area contributed by atoms with Crippen molar-refractivity contribution in [3.63, 3.8) is 0 Å². The van der Waals surface area contributed by atoms with Gasteiger partial charge in [-0.05, 0) is 44.0 Å². The molecule has 1 aliphatic rings. The number of rotatable bonds is 6. The largest absolute Gasteiger partial charge is 0.497 e. The van der Waals surface area contributed by atoms with E-state index in [1.807, 2.05) is 12.1 Å². The van der Waals surface area contributed by atoms with Crippen molar-refractivity contribution >= 4 is 0 Å². The highest BCUT2D eigenvalue weighted by atomic mass is 16.5. The van der Waals surface area contributed by atoms with E-state index in [0.717, 1.165) is 25.3 Å². The predicted molar refractivity (Wildman–Crippen MR) is 81.0 cm³/mol. The Morgan fingerprint density at radius 1 is 1.35 bits per heavy atom. The molecule has 4 heteroatoms. The van der Waals surface area contributed by atoms with E-state index in [-0.39, 0.29) is 6.04 Å². The average Bonchev–Trinajstić information content (AvgIpc) is 2.49. The van der Waals surface area contributed by atoms with Crippen LogP contribution in [0.2, 0.25) is 0 Å². The summed E-state index contributed by atoms with van der Waals surface area (Å²) in [6.07, 6.45) is 3.97. The van der Waals surface area contributed by atoms with Gasteiger partial charge in [0.25, 0.3) is 0 Å². The van der Waals surface area contributed by atoms with Gasteiger partial charge in [0.05, 0.1) is 13.2 Å². The van der Waals surface area contributed by atoms with E-state index in [4.69, 9.17) is 15.2 Å². The lowest BCUT2D eigenvalue weighted by molar-refractivity contribution is -0.00777. The second-order valence-corrected chi connectivity index (χ2v) is 5.45. The zero-order valence-electron chi connectivity index (χ0n) is 12.5. The van der Waals surface area contributed by atoms with Crippen LogP contribution in [0.25, 0.3) is 0 Å². The van der Waals surface area contributed by atoms with Gasteiger partial charge in [0.2, 0.25) is 0 Å². The number of benzene rings is 1. The Labute approximate surface area is 121 Å². The fraction of sp³-hybridized carbons (Fsp3) is 0.625. The van der Waals surface area contributed by atoms with E-state index >= 15 is 0 Å². The number of nitrogens with zero attached hydrogens (tertiary/aromatic N) is 1. The SMILES string of the molecule is COc1ccc(C(CN)N(C)CC2CCCCO2)cc1. The molecule has 0 amide bonds. The zero-order valence-corrected chi connectivity index (χ0v) is 12.5. The Morgan fingerprint density at radius 3 is 2.65 bits per heavy atom. The first kappa shape index (κ1) is 15.3. The molecular formula is C16H26N2O2. The summed E-state index contributed by atoms with van der Waals surface area (Å²) in [5.41, 5.74) is 7.20. The van der Waals surface area contributed by atoms with Gasteiger partial charge in [0.15, 0.2) is 0 Å². The quantitative estimate of drug-likeness (QED) is 0.866. The number of hydrogen-bond donors (Lipinski definition) is 1. The first-order valence-corrected chi connectivity index (χ1v) is 7.40. The molecule has 1 fully saturated rings. The van der Waals surface area contributed by atoms with Crippen LogP contribution in [-0.2, 0) is 4.74 Å². The molecule has 0 radical (unpaired) electrons. The normalized spacial score (nSPS) is 20.9. The molecule has 20 heavy (non-hydrogen) atoms. The molecule has 0 spiro atoms. The summed E-state index contributed by atoms with van der Waals surface area (Å²) in [5, 5.41) is 0. The molecule has 1 aliphatic heterocycles. The highest BCUT2D eigenvalue weighted by molar-refractivity contribution is 5.29. The van der Waals surface area contributed by atoms with Crippen molar-refractivity contribution in [2.45, 2.75) is 31.4 Å². The summed E-state index contributed by atoms with van der Waals surface area (Å²) in [5.74, 6) is 0.878. The second kappa shape index (κ2) is 7.62. The van der Waals surface area contributed by atoms with E-state index in [9.17, 15) is 0 Å². The Morgan fingerprint density at radius 2 is 2.10 bits per heavy atom. The van der Waals surface area contributed by atoms with Crippen LogP contribution < -0.4 is 10.5 Å². The van der Waals surface area contributed by atoms with Gasteiger partial charge in [-0.1, -0.05) is 12.1 Å². The van der Waals surface area contributed by atoms with Crippen molar-refractivity contribution in [2.75, 3.05) is 33.9 Å². The molecule has 112 valence electrons. The molecule has 1 saturated heterocycles. The molecule has 0 saturated carbocycles. The molecule has 0 bridgehead atoms. The summed E-state index contributed by atoms with van der Waals surface area (Å²) < 4.78 is 11.0. The predicted octanol–water partition coefficient (Wildman–Crippen LogP) is 2.20. The molecule has 4 nitrogen and oxygen atoms in total. The van der Waals surface area contributed by atoms with Crippen LogP contribution in [0.4, 0.5) is 0 Å². The monoisotopic (exact) mass is 278 g/mol. The van der Waals surface area contributed by atoms with Crippen LogP contribution in [-0.4, -0.2) is 44.9 Å². The first-order chi connectivity index (χ1) is 9.74. The molecule has 0 aliphatic carbocycles. The number of ether oxygens (including phenoxy) is 2. The number of nitrogens with two attached hydrogens (primary N) is 1. The topological polar surface area (TPSA) is 47.7 Å². The highest BCUT2D eigenvalue weighted by Gasteiger charge is 2.21. The fourth-order valence-corrected chi connectivity index (χ4v) is 2.80. The zero-order chi connectivity index (χ0) is 14.4. The van der Waals surface area contributed by atoms with Crippen LogP contribution >= 0.6 is 0 Å². The number of methoxy groups -OCH3 is 1. The molecule has 2 N–H and O–H groups in total. The molecule has 2 rings (SSSR count). The van der Waals surface area contributed by atoms with E-state index < -0.39 is 0 Å². The van der Waals surface area contributed by atoms with Gasteiger partial charge in [0, 0.05) is 25.7 Å². The van der Waals surface area contributed by atoms with Crippen LogP contribution in [0.15, 0.2) is 24.3 Å². The lowest BCUT2D eigenvalue weighted by Crippen LogP contribution is -2.38. The highest BCUT2D eigenvalue weighted by Crippen LogP contribution is 2.23. The second-order valence-electron chi connectivity index (χ2n) is 5.45. The third kappa shape index (κ3) is 3.95. The summed E-state index contributed by atoms with van der Waals surface area (Å²) in [6, 6.07) is 8.39. The van der Waals surface area contributed by atoms with E-state index in [2.05, 4.69) is 24.1 Å². The van der Waals surface area contributed by atoms with Crippen LogP contribution in [0.5, 0.6) is 5.75 Å². The van der Waals surface area contributed by atoms with Crippen molar-refractivity contribution in [1.29, 1.82) is 0 Å². The van der Waals surface area contributed by atoms with Crippen molar-refractivity contribution < 1.29 is 9.47 Å². The molecular weight excluding hydrogens is 252 g/mol. The lowest BCUT2D eigenvalue weighted by Gasteiger charge is -2.32. The fourth-order valence-electron chi connectivity index (χ4n) is 2.80. The average molecular weight is 278 g/mol. The third-order valence-corrected chi connectivity index (χ3v) is 4.02. The Kier molecular flexibility index (Phi) is 5.83. The third-order valence-electron chi connectivity index (χ3n) is 4.02. The van der Waals surface area contributed by atoms with E-state index in [1.54, 1.807) is 7.11 Å². The molecule has 2 unspecified atom stereocenters. The van der Waals surface area contributed by atoms with Gasteiger partial charge in [-0.2, -0.15) is 0 Å². The summed E-state index contributed by atoms with van der Waals surface area (Å²) in [7, 11) is 3.81. The maximum absolute atomic E-state index is 5.97. The van der Waals surface area contributed by atoms with Crippen molar-refractivity contribution in [3.8, 4) is 5.75 Å². The first-order valence-electron chi connectivity index (χ1n) is 7.40. The van der Waals surface area contributed by atoms with E-state index in [0.29, 0.717) is 12.6 Å². The molecule has 0 aromatic heterocycles. The van der Waals surface area contributed by atoms with Gasteiger partial charge >= 0.3 is 0 Å².